The van der Waals surface area contributed by atoms with Gasteiger partial charge in [0.25, 0.3) is 0 Å². The Morgan fingerprint density at radius 2 is 1.07 bits per heavy atom. The predicted octanol–water partition coefficient (Wildman–Crippen LogP) is 1.66. The van der Waals surface area contributed by atoms with Crippen LogP contribution in [0, 0.1) is 0 Å². The van der Waals surface area contributed by atoms with Gasteiger partial charge in [0.05, 0.1) is 13.2 Å². The predicted molar refractivity (Wildman–Crippen MR) is 61.7 cm³/mol. The van der Waals surface area contributed by atoms with E-state index in [1.807, 2.05) is 24.3 Å². The van der Waals surface area contributed by atoms with E-state index in [0.717, 1.165) is 38.9 Å². The van der Waals surface area contributed by atoms with E-state index in [0.29, 0.717) is 0 Å². The minimum atomic E-state index is 0.215. The first-order valence-corrected chi connectivity index (χ1v) is 5.51. The summed E-state index contributed by atoms with van der Waals surface area (Å²) in [6.45, 7) is 1.89. The first-order valence-electron chi connectivity index (χ1n) is 5.51. The van der Waals surface area contributed by atoms with Gasteiger partial charge >= 0.3 is 0 Å². The van der Waals surface area contributed by atoms with Crippen molar-refractivity contribution in [1.29, 1.82) is 0 Å². The first-order chi connectivity index (χ1) is 7.41. The van der Waals surface area contributed by atoms with Gasteiger partial charge in [-0.25, -0.2) is 0 Å². The molecule has 0 spiro atoms. The second-order valence-corrected chi connectivity index (χ2v) is 3.16. The van der Waals surface area contributed by atoms with Gasteiger partial charge in [-0.1, -0.05) is 24.3 Å². The van der Waals surface area contributed by atoms with Gasteiger partial charge in [-0.15, -0.1) is 0 Å². The van der Waals surface area contributed by atoms with Crippen LogP contribution in [0.5, 0.6) is 0 Å². The summed E-state index contributed by atoms with van der Waals surface area (Å²) in [5.41, 5.74) is 0. The Hall–Kier alpha value is -0.640. The molecule has 0 aromatic rings. The molecule has 0 rings (SSSR count). The molecular weight excluding hydrogens is 192 g/mol. The maximum absolute atomic E-state index is 8.50. The van der Waals surface area contributed by atoms with Crippen LogP contribution in [0.3, 0.4) is 0 Å². The van der Waals surface area contributed by atoms with E-state index in [4.69, 9.17) is 14.9 Å². The third kappa shape index (κ3) is 13.4. The number of aliphatic hydroxyl groups is 2. The molecule has 0 aromatic carbocycles. The lowest BCUT2D eigenvalue weighted by Crippen LogP contribution is -1.94. The first kappa shape index (κ1) is 14.4. The van der Waals surface area contributed by atoms with Crippen LogP contribution in [0.2, 0.25) is 0 Å². The van der Waals surface area contributed by atoms with Gasteiger partial charge in [0.1, 0.15) is 0 Å². The Balaban J connectivity index is 3.04. The van der Waals surface area contributed by atoms with Crippen molar-refractivity contribution in [2.75, 3.05) is 26.4 Å². The maximum atomic E-state index is 8.50. The highest BCUT2D eigenvalue weighted by atomic mass is 16.5. The lowest BCUT2D eigenvalue weighted by atomic mass is 10.3. The normalized spacial score (nSPS) is 11.9. The Bertz CT molecular complexity index is 146. The zero-order chi connectivity index (χ0) is 11.2. The number of hydrogen-bond acceptors (Lipinski definition) is 3. The number of rotatable bonds is 10. The molecule has 0 amide bonds. The lowest BCUT2D eigenvalue weighted by molar-refractivity contribution is 0.143. The topological polar surface area (TPSA) is 49.7 Å². The molecule has 0 aromatic heterocycles. The minimum Gasteiger partial charge on any atom is -0.396 e. The third-order valence-electron chi connectivity index (χ3n) is 1.78. The van der Waals surface area contributed by atoms with Crippen LogP contribution in [0.15, 0.2) is 24.3 Å². The zero-order valence-electron chi connectivity index (χ0n) is 9.27. The average Bonchev–Trinajstić information content (AvgIpc) is 2.26. The maximum Gasteiger partial charge on any atom is 0.0500 e. The number of aliphatic hydroxyl groups excluding tert-OH is 2. The van der Waals surface area contributed by atoms with Crippen molar-refractivity contribution in [2.45, 2.75) is 25.7 Å². The fourth-order valence-corrected chi connectivity index (χ4v) is 1.03. The van der Waals surface area contributed by atoms with Gasteiger partial charge in [-0.3, -0.25) is 0 Å². The molecule has 0 heterocycles. The van der Waals surface area contributed by atoms with Crippen molar-refractivity contribution >= 4 is 0 Å². The van der Waals surface area contributed by atoms with Crippen molar-refractivity contribution in [3.63, 3.8) is 0 Å². The summed E-state index contributed by atoms with van der Waals surface area (Å²) < 4.78 is 5.37. The molecule has 15 heavy (non-hydrogen) atoms. The van der Waals surface area contributed by atoms with Crippen LogP contribution in [-0.2, 0) is 4.74 Å². The molecule has 0 radical (unpaired) electrons. The van der Waals surface area contributed by atoms with Gasteiger partial charge in [0.2, 0.25) is 0 Å². The lowest BCUT2D eigenvalue weighted by Gasteiger charge is -1.98. The summed E-state index contributed by atoms with van der Waals surface area (Å²) in [4.78, 5) is 0. The minimum absolute atomic E-state index is 0.215. The average molecular weight is 214 g/mol. The van der Waals surface area contributed by atoms with Crippen molar-refractivity contribution in [1.82, 2.24) is 0 Å². The molecule has 0 aliphatic heterocycles. The Labute approximate surface area is 92.1 Å². The molecule has 0 unspecified atom stereocenters. The van der Waals surface area contributed by atoms with Crippen LogP contribution in [-0.4, -0.2) is 36.6 Å². The Morgan fingerprint density at radius 1 is 0.667 bits per heavy atom. The number of hydrogen-bond donors (Lipinski definition) is 2. The van der Waals surface area contributed by atoms with Crippen LogP contribution in [0.25, 0.3) is 0 Å². The molecule has 0 bridgehead atoms. The molecule has 0 atom stereocenters. The van der Waals surface area contributed by atoms with E-state index in [1.54, 1.807) is 0 Å². The molecule has 3 nitrogen and oxygen atoms in total. The Kier molecular flexibility index (Phi) is 12.8. The van der Waals surface area contributed by atoms with Crippen molar-refractivity contribution < 1.29 is 14.9 Å². The highest BCUT2D eigenvalue weighted by Gasteiger charge is 1.84. The second kappa shape index (κ2) is 13.4. The van der Waals surface area contributed by atoms with Crippen LogP contribution < -0.4 is 0 Å². The van der Waals surface area contributed by atoms with Crippen LogP contribution in [0.1, 0.15) is 25.7 Å². The van der Waals surface area contributed by atoms with Gasteiger partial charge in [0, 0.05) is 13.2 Å². The van der Waals surface area contributed by atoms with E-state index < -0.39 is 0 Å². The molecule has 0 aliphatic carbocycles. The van der Waals surface area contributed by atoms with Gasteiger partial charge in [-0.05, 0) is 25.7 Å². The third-order valence-corrected chi connectivity index (χ3v) is 1.78. The van der Waals surface area contributed by atoms with Crippen molar-refractivity contribution in [3.05, 3.63) is 24.3 Å². The summed E-state index contributed by atoms with van der Waals surface area (Å²) in [6.07, 6.45) is 11.2. The summed E-state index contributed by atoms with van der Waals surface area (Å²) in [5, 5.41) is 17.0. The monoisotopic (exact) mass is 214 g/mol. The summed E-state index contributed by atoms with van der Waals surface area (Å²) in [7, 11) is 0. The molecule has 3 heteroatoms. The molecule has 88 valence electrons. The smallest absolute Gasteiger partial charge is 0.0500 e. The van der Waals surface area contributed by atoms with E-state index in [9.17, 15) is 0 Å². The fourth-order valence-electron chi connectivity index (χ4n) is 1.03. The quantitative estimate of drug-likeness (QED) is 0.429. The highest BCUT2D eigenvalue weighted by Crippen LogP contribution is 1.91. The molecule has 2 N–H and O–H groups in total. The highest BCUT2D eigenvalue weighted by molar-refractivity contribution is 4.82. The second-order valence-electron chi connectivity index (χ2n) is 3.16. The van der Waals surface area contributed by atoms with Gasteiger partial charge in [0.15, 0.2) is 0 Å². The van der Waals surface area contributed by atoms with Crippen molar-refractivity contribution in [3.8, 4) is 0 Å². The largest absolute Gasteiger partial charge is 0.396 e. The fraction of sp³-hybridized carbons (Fsp3) is 0.667. The SMILES string of the molecule is OCCC=CCCOCCC=CCCO. The van der Waals surface area contributed by atoms with Crippen LogP contribution in [0.4, 0.5) is 0 Å². The van der Waals surface area contributed by atoms with Crippen LogP contribution >= 0.6 is 0 Å². The van der Waals surface area contributed by atoms with Gasteiger partial charge in [-0.2, -0.15) is 0 Å². The number of ether oxygens (including phenoxy) is 1. The van der Waals surface area contributed by atoms with E-state index >= 15 is 0 Å². The summed E-state index contributed by atoms with van der Waals surface area (Å²) in [5.74, 6) is 0. The molecule has 0 fully saturated rings. The molecule has 0 aliphatic rings. The standard InChI is InChI=1S/C12H22O3/c13-9-5-1-3-7-11-15-12-8-4-2-6-10-14/h1-4,13-14H,5-12H2. The van der Waals surface area contributed by atoms with E-state index in [-0.39, 0.29) is 13.2 Å². The van der Waals surface area contributed by atoms with Crippen molar-refractivity contribution in [2.24, 2.45) is 0 Å². The van der Waals surface area contributed by atoms with Gasteiger partial charge < -0.3 is 14.9 Å². The zero-order valence-corrected chi connectivity index (χ0v) is 9.27. The molecule has 0 saturated carbocycles. The molecular formula is C12H22O3. The summed E-state index contributed by atoms with van der Waals surface area (Å²) in [6, 6.07) is 0. The summed E-state index contributed by atoms with van der Waals surface area (Å²) >= 11 is 0. The van der Waals surface area contributed by atoms with E-state index in [2.05, 4.69) is 0 Å². The van der Waals surface area contributed by atoms with E-state index in [1.165, 1.54) is 0 Å². The molecule has 0 saturated heterocycles. The Morgan fingerprint density at radius 3 is 1.47 bits per heavy atom.